The summed E-state index contributed by atoms with van der Waals surface area (Å²) in [6.07, 6.45) is 18.5. The zero-order valence-electron chi connectivity index (χ0n) is 35.9. The average Bonchev–Trinajstić information content (AvgIpc) is 3.70. The summed E-state index contributed by atoms with van der Waals surface area (Å²) in [7, 11) is 0. The molecule has 60 heavy (non-hydrogen) atoms. The molecule has 8 saturated carbocycles. The van der Waals surface area contributed by atoms with E-state index >= 15 is 0 Å². The molecule has 6 N–H and O–H groups in total. The van der Waals surface area contributed by atoms with Crippen molar-refractivity contribution in [2.75, 3.05) is 0 Å². The first-order valence-corrected chi connectivity index (χ1v) is 23.5. The number of fused-ring (bicyclic) bond motifs is 10. The van der Waals surface area contributed by atoms with Gasteiger partial charge in [-0.3, -0.25) is 9.59 Å². The van der Waals surface area contributed by atoms with Crippen LogP contribution >= 0.6 is 0 Å². The van der Waals surface area contributed by atoms with Crippen LogP contribution in [0.15, 0.2) is 0 Å². The van der Waals surface area contributed by atoms with Crippen molar-refractivity contribution in [1.82, 2.24) is 0 Å². The molecule has 8 nitrogen and oxygen atoms in total. The maximum absolute atomic E-state index is 11.5. The van der Waals surface area contributed by atoms with Gasteiger partial charge in [0.15, 0.2) is 0 Å². The van der Waals surface area contributed by atoms with E-state index in [1.54, 1.807) is 0 Å². The van der Waals surface area contributed by atoms with E-state index in [9.17, 15) is 30.0 Å². The second-order valence-electron chi connectivity index (χ2n) is 22.6. The van der Waals surface area contributed by atoms with Gasteiger partial charge in [0.1, 0.15) is 0 Å². The number of hydrogen-bond acceptors (Lipinski definition) is 6. The van der Waals surface area contributed by atoms with Crippen LogP contribution in [0, 0.1) is 92.7 Å². The van der Waals surface area contributed by atoms with Gasteiger partial charge < -0.3 is 30.6 Å². The van der Waals surface area contributed by atoms with Crippen LogP contribution in [0.25, 0.3) is 0 Å². The Morgan fingerprint density at radius 3 is 1.18 bits per heavy atom. The van der Waals surface area contributed by atoms with Gasteiger partial charge in [-0.15, -0.1) is 0 Å². The number of aliphatic hydroxyl groups is 4. The Labute approximate surface area is 452 Å². The number of aliphatic hydroxyl groups excluding tert-OH is 4. The molecular weight excluding hydrogens is 796 g/mol. The molecule has 8 fully saturated rings. The average molecular weight is 881 g/mol. The van der Waals surface area contributed by atoms with E-state index in [1.165, 1.54) is 38.5 Å². The first-order valence-electron chi connectivity index (χ1n) is 23.5. The predicted octanol–water partition coefficient (Wildman–Crippen LogP) is 6.36. The molecule has 328 valence electrons. The summed E-state index contributed by atoms with van der Waals surface area (Å²) in [6.45, 7) is 14.0. The molecule has 0 radical (unpaired) electrons. The van der Waals surface area contributed by atoms with Crippen LogP contribution in [0.2, 0.25) is 0 Å². The summed E-state index contributed by atoms with van der Waals surface area (Å²) >= 11 is 0. The molecule has 0 spiro atoms. The number of carbonyl (C=O) groups is 2. The van der Waals surface area contributed by atoms with E-state index in [4.69, 9.17) is 10.2 Å². The Hall–Kier alpha value is 2.78. The van der Waals surface area contributed by atoms with Gasteiger partial charge in [-0.05, 0) is 208 Å². The van der Waals surface area contributed by atoms with Gasteiger partial charge in [0.25, 0.3) is 0 Å². The minimum absolute atomic E-state index is 0. The fraction of sp³-hybridized carbons (Fsp3) is 0.958. The molecule has 0 aromatic carbocycles. The van der Waals surface area contributed by atoms with E-state index in [0.717, 1.165) is 77.0 Å². The third kappa shape index (κ3) is 10.4. The Morgan fingerprint density at radius 1 is 0.500 bits per heavy atom. The minimum atomic E-state index is -0.707. The summed E-state index contributed by atoms with van der Waals surface area (Å²) in [4.78, 5) is 22.1. The van der Waals surface area contributed by atoms with Gasteiger partial charge in [0.2, 0.25) is 0 Å². The number of rotatable bonds is 8. The second kappa shape index (κ2) is 22.5. The van der Waals surface area contributed by atoms with Crippen molar-refractivity contribution in [3.63, 3.8) is 0 Å². The molecule has 0 aromatic rings. The molecule has 0 amide bonds. The second-order valence-corrected chi connectivity index (χ2v) is 22.6. The number of aliphatic carboxylic acids is 2. The predicted molar refractivity (Wildman–Crippen MR) is 246 cm³/mol. The zero-order chi connectivity index (χ0) is 40.5. The first-order chi connectivity index (χ1) is 26.3. The topological polar surface area (TPSA) is 156 Å². The van der Waals surface area contributed by atoms with Crippen LogP contribution in [0.5, 0.6) is 0 Å². The quantitative estimate of drug-likeness (QED) is 0.154. The normalized spacial score (nSPS) is 48.2. The number of carboxylic acids is 2. The van der Waals surface area contributed by atoms with Crippen molar-refractivity contribution in [1.29, 1.82) is 0 Å². The fourth-order valence-electron chi connectivity index (χ4n) is 17.4. The Bertz CT molecular complexity index is 1340. The van der Waals surface area contributed by atoms with Crippen molar-refractivity contribution < 1.29 is 40.2 Å². The fourth-order valence-corrected chi connectivity index (χ4v) is 17.4. The summed E-state index contributed by atoms with van der Waals surface area (Å²) in [5, 5.41) is 61.5. The molecule has 0 bridgehead atoms. The Kier molecular flexibility index (Phi) is 21.4. The number of carboxylic acid groups (broad SMARTS) is 2. The first kappa shape index (κ1) is 57.1. The SMILES string of the molecule is C[C@H](CCC(=O)O)[C@H]1CCC2C3CC[C@@H]4C[C@H](O)CC[C@]4(C)C3C[C@H](O)[C@@]21C.C[C@H](CCC(=O)O)[C@H]1CCC2C3CC[C@@H]4C[C@H](O)CC[C@]4(C)C3C[C@H](O)[C@@]21C.[NaH].[NaH].[NaH].[NaH]. The third-order valence-electron chi connectivity index (χ3n) is 20.6. The summed E-state index contributed by atoms with van der Waals surface area (Å²) in [5.74, 6) is 5.10. The van der Waals surface area contributed by atoms with E-state index in [-0.39, 0.29) is 177 Å². The Balaban J connectivity index is 0.000000300. The van der Waals surface area contributed by atoms with Crippen LogP contribution in [-0.4, -0.2) is 185 Å². The van der Waals surface area contributed by atoms with Crippen LogP contribution in [0.1, 0.15) is 170 Å². The standard InChI is InChI=1S/2C24H40O4.4Na.4H/c2*1-14(4-9-22(27)28)18-7-8-19-17-6-5-15-12-16(25)10-11-23(15,2)20(17)13-21(26)24(18,19)3;;;;;;;;/h2*14-21,25-26H,4-13H2,1-3H3,(H,27,28);;;;;;;;/t2*14-,15-,16-,17?,18-,19?,20?,21+,23+,24-;;;;;;;;/m11......../s1. The molecular formula is C48H84Na4O8. The van der Waals surface area contributed by atoms with Gasteiger partial charge in [-0.25, -0.2) is 0 Å². The van der Waals surface area contributed by atoms with Crippen molar-refractivity contribution in [2.24, 2.45) is 92.7 Å². The molecule has 6 unspecified atom stereocenters. The van der Waals surface area contributed by atoms with E-state index in [0.29, 0.717) is 71.0 Å². The molecule has 0 aliphatic heterocycles. The van der Waals surface area contributed by atoms with E-state index in [1.807, 2.05) is 0 Å². The van der Waals surface area contributed by atoms with E-state index in [2.05, 4.69) is 41.5 Å². The van der Waals surface area contributed by atoms with Gasteiger partial charge in [0.05, 0.1) is 24.4 Å². The molecule has 8 rings (SSSR count). The number of hydrogen-bond donors (Lipinski definition) is 6. The van der Waals surface area contributed by atoms with Crippen LogP contribution in [-0.2, 0) is 9.59 Å². The summed E-state index contributed by atoms with van der Waals surface area (Å²) < 4.78 is 0. The molecule has 0 aromatic heterocycles. The van der Waals surface area contributed by atoms with Crippen LogP contribution in [0.3, 0.4) is 0 Å². The third-order valence-corrected chi connectivity index (χ3v) is 20.6. The van der Waals surface area contributed by atoms with E-state index < -0.39 is 11.9 Å². The van der Waals surface area contributed by atoms with Crippen molar-refractivity contribution >= 4 is 130 Å². The zero-order valence-corrected chi connectivity index (χ0v) is 35.9. The monoisotopic (exact) mass is 881 g/mol. The Morgan fingerprint density at radius 2 is 0.850 bits per heavy atom. The maximum atomic E-state index is 11.5. The van der Waals surface area contributed by atoms with Crippen LogP contribution in [0.4, 0.5) is 0 Å². The molecule has 8 aliphatic carbocycles. The molecule has 0 saturated heterocycles. The molecule has 20 atom stereocenters. The van der Waals surface area contributed by atoms with Crippen molar-refractivity contribution in [2.45, 2.75) is 194 Å². The van der Waals surface area contributed by atoms with Gasteiger partial charge >= 0.3 is 130 Å². The van der Waals surface area contributed by atoms with Crippen molar-refractivity contribution in [3.8, 4) is 0 Å². The summed E-state index contributed by atoms with van der Waals surface area (Å²) in [5.41, 5.74) is 0.432. The van der Waals surface area contributed by atoms with Crippen molar-refractivity contribution in [3.05, 3.63) is 0 Å². The molecule has 8 aliphatic rings. The van der Waals surface area contributed by atoms with Gasteiger partial charge in [-0.2, -0.15) is 0 Å². The molecule has 12 heteroatoms. The van der Waals surface area contributed by atoms with Gasteiger partial charge in [0, 0.05) is 12.8 Å². The van der Waals surface area contributed by atoms with Gasteiger partial charge in [-0.1, -0.05) is 41.5 Å². The molecule has 0 heterocycles. The summed E-state index contributed by atoms with van der Waals surface area (Å²) in [6, 6.07) is 0. The van der Waals surface area contributed by atoms with Crippen LogP contribution < -0.4 is 0 Å².